The fourth-order valence-corrected chi connectivity index (χ4v) is 4.12. The molecule has 3 aromatic carbocycles. The van der Waals surface area contributed by atoms with Crippen molar-refractivity contribution < 1.29 is 9.59 Å². The standard InChI is InChI=1S/C25H21N3O2/c1-27-16-21(20-7-3-5-9-23(20)27)24(29)26-19-12-10-18(11-13-19)25(30)28-15-14-17-6-2-4-8-22(17)28/h2-13,16H,14-15H2,1H3,(H,26,29). The van der Waals surface area contributed by atoms with Crippen LogP contribution in [0.4, 0.5) is 11.4 Å². The molecule has 0 fully saturated rings. The number of carbonyl (C=O) groups excluding carboxylic acids is 2. The molecule has 30 heavy (non-hydrogen) atoms. The number of benzene rings is 3. The number of nitrogens with zero attached hydrogens (tertiary/aromatic N) is 2. The van der Waals surface area contributed by atoms with Crippen LogP contribution in [0.3, 0.4) is 0 Å². The van der Waals surface area contributed by atoms with Crippen molar-refractivity contribution in [2.24, 2.45) is 7.05 Å². The highest BCUT2D eigenvalue weighted by molar-refractivity contribution is 6.13. The maximum absolute atomic E-state index is 12.9. The molecular weight excluding hydrogens is 374 g/mol. The number of hydrogen-bond donors (Lipinski definition) is 1. The lowest BCUT2D eigenvalue weighted by atomic mass is 10.1. The zero-order chi connectivity index (χ0) is 20.7. The van der Waals surface area contributed by atoms with Crippen molar-refractivity contribution in [3.05, 3.63) is 95.7 Å². The second kappa shape index (κ2) is 7.19. The Morgan fingerprint density at radius 1 is 0.900 bits per heavy atom. The molecular formula is C25H21N3O2. The first-order valence-electron chi connectivity index (χ1n) is 9.97. The van der Waals surface area contributed by atoms with E-state index in [1.54, 1.807) is 24.3 Å². The van der Waals surface area contributed by atoms with Crippen LogP contribution in [-0.4, -0.2) is 22.9 Å². The largest absolute Gasteiger partial charge is 0.350 e. The first-order chi connectivity index (χ1) is 14.6. The minimum Gasteiger partial charge on any atom is -0.350 e. The van der Waals surface area contributed by atoms with E-state index in [1.807, 2.05) is 65.2 Å². The van der Waals surface area contributed by atoms with Crippen LogP contribution < -0.4 is 10.2 Å². The Balaban J connectivity index is 1.34. The minimum absolute atomic E-state index is 0.0214. The van der Waals surface area contributed by atoms with Crippen LogP contribution in [0.25, 0.3) is 10.9 Å². The van der Waals surface area contributed by atoms with E-state index in [1.165, 1.54) is 5.56 Å². The Morgan fingerprint density at radius 2 is 1.63 bits per heavy atom. The molecule has 1 aliphatic heterocycles. The summed E-state index contributed by atoms with van der Waals surface area (Å²) >= 11 is 0. The molecule has 0 bridgehead atoms. The number of anilines is 2. The Labute approximate surface area is 174 Å². The van der Waals surface area contributed by atoms with Gasteiger partial charge in [-0.1, -0.05) is 36.4 Å². The number of rotatable bonds is 3. The van der Waals surface area contributed by atoms with E-state index in [4.69, 9.17) is 0 Å². The summed E-state index contributed by atoms with van der Waals surface area (Å²) in [6, 6.07) is 22.9. The van der Waals surface area contributed by atoms with Crippen LogP contribution in [0.2, 0.25) is 0 Å². The van der Waals surface area contributed by atoms with E-state index in [0.717, 1.165) is 23.0 Å². The van der Waals surface area contributed by atoms with Gasteiger partial charge in [-0.05, 0) is 48.4 Å². The SMILES string of the molecule is Cn1cc(C(=O)Nc2ccc(C(=O)N3CCc4ccccc43)cc2)c2ccccc21. The van der Waals surface area contributed by atoms with E-state index in [9.17, 15) is 9.59 Å². The summed E-state index contributed by atoms with van der Waals surface area (Å²) in [5.41, 5.74) is 5.08. The number of fused-ring (bicyclic) bond motifs is 2. The van der Waals surface area contributed by atoms with Gasteiger partial charge in [0.1, 0.15) is 0 Å². The lowest BCUT2D eigenvalue weighted by Crippen LogP contribution is -2.28. The molecule has 0 saturated carbocycles. The van der Waals surface area contributed by atoms with Crippen molar-refractivity contribution in [2.45, 2.75) is 6.42 Å². The number of aromatic nitrogens is 1. The van der Waals surface area contributed by atoms with Gasteiger partial charge in [-0.25, -0.2) is 0 Å². The van der Waals surface area contributed by atoms with E-state index < -0.39 is 0 Å². The lowest BCUT2D eigenvalue weighted by molar-refractivity contribution is 0.0988. The quantitative estimate of drug-likeness (QED) is 0.550. The molecule has 2 amide bonds. The van der Waals surface area contributed by atoms with Crippen LogP contribution in [0.15, 0.2) is 79.0 Å². The third-order valence-corrected chi connectivity index (χ3v) is 5.66. The highest BCUT2D eigenvalue weighted by atomic mass is 16.2. The molecule has 0 saturated heterocycles. The second-order valence-electron chi connectivity index (χ2n) is 7.54. The third-order valence-electron chi connectivity index (χ3n) is 5.66. The number of nitrogens with one attached hydrogen (secondary N) is 1. The Bertz CT molecular complexity index is 1270. The van der Waals surface area contributed by atoms with E-state index in [-0.39, 0.29) is 11.8 Å². The summed E-state index contributed by atoms with van der Waals surface area (Å²) in [6.07, 6.45) is 2.71. The third kappa shape index (κ3) is 3.05. The predicted molar refractivity (Wildman–Crippen MR) is 119 cm³/mol. The fourth-order valence-electron chi connectivity index (χ4n) is 4.12. The average molecular weight is 395 g/mol. The maximum Gasteiger partial charge on any atom is 0.258 e. The van der Waals surface area contributed by atoms with Crippen LogP contribution in [0.5, 0.6) is 0 Å². The number of para-hydroxylation sites is 2. The topological polar surface area (TPSA) is 54.3 Å². The number of hydrogen-bond acceptors (Lipinski definition) is 2. The van der Waals surface area contributed by atoms with Crippen LogP contribution in [0.1, 0.15) is 26.3 Å². The van der Waals surface area contributed by atoms with Gasteiger partial charge in [0, 0.05) is 47.6 Å². The Morgan fingerprint density at radius 3 is 2.47 bits per heavy atom. The zero-order valence-corrected chi connectivity index (χ0v) is 16.6. The van der Waals surface area contributed by atoms with Gasteiger partial charge in [0.25, 0.3) is 11.8 Å². The van der Waals surface area contributed by atoms with Crippen molar-refractivity contribution in [3.63, 3.8) is 0 Å². The van der Waals surface area contributed by atoms with Gasteiger partial charge in [-0.3, -0.25) is 9.59 Å². The molecule has 148 valence electrons. The van der Waals surface area contributed by atoms with Crippen LogP contribution in [0, 0.1) is 0 Å². The van der Waals surface area contributed by atoms with Gasteiger partial charge in [0.05, 0.1) is 5.56 Å². The summed E-state index contributed by atoms with van der Waals surface area (Å²) in [7, 11) is 1.93. The number of aryl methyl sites for hydroxylation is 1. The molecule has 0 spiro atoms. The van der Waals surface area contributed by atoms with Crippen LogP contribution >= 0.6 is 0 Å². The van der Waals surface area contributed by atoms with Crippen molar-refractivity contribution in [1.82, 2.24) is 4.57 Å². The van der Waals surface area contributed by atoms with Gasteiger partial charge in [-0.15, -0.1) is 0 Å². The van der Waals surface area contributed by atoms with E-state index in [0.29, 0.717) is 23.4 Å². The molecule has 5 nitrogen and oxygen atoms in total. The van der Waals surface area contributed by atoms with E-state index >= 15 is 0 Å². The normalized spacial score (nSPS) is 12.8. The number of carbonyl (C=O) groups is 2. The molecule has 2 heterocycles. The van der Waals surface area contributed by atoms with E-state index in [2.05, 4.69) is 11.4 Å². The number of amides is 2. The lowest BCUT2D eigenvalue weighted by Gasteiger charge is -2.17. The Kier molecular flexibility index (Phi) is 4.36. The summed E-state index contributed by atoms with van der Waals surface area (Å²) in [6.45, 7) is 0.692. The summed E-state index contributed by atoms with van der Waals surface area (Å²) in [5.74, 6) is -0.189. The highest BCUT2D eigenvalue weighted by Gasteiger charge is 2.25. The smallest absolute Gasteiger partial charge is 0.258 e. The Hall–Kier alpha value is -3.86. The molecule has 0 atom stereocenters. The first-order valence-corrected chi connectivity index (χ1v) is 9.97. The van der Waals surface area contributed by atoms with Crippen molar-refractivity contribution in [3.8, 4) is 0 Å². The van der Waals surface area contributed by atoms with Crippen molar-refractivity contribution in [1.29, 1.82) is 0 Å². The molecule has 0 unspecified atom stereocenters. The van der Waals surface area contributed by atoms with Crippen molar-refractivity contribution in [2.75, 3.05) is 16.8 Å². The molecule has 1 aromatic heterocycles. The van der Waals surface area contributed by atoms with Crippen molar-refractivity contribution >= 4 is 34.1 Å². The zero-order valence-electron chi connectivity index (χ0n) is 16.6. The van der Waals surface area contributed by atoms with Crippen LogP contribution in [-0.2, 0) is 13.5 Å². The highest BCUT2D eigenvalue weighted by Crippen LogP contribution is 2.29. The predicted octanol–water partition coefficient (Wildman–Crippen LogP) is 4.63. The molecule has 5 heteroatoms. The summed E-state index contributed by atoms with van der Waals surface area (Å²) < 4.78 is 1.94. The minimum atomic E-state index is -0.167. The molecule has 1 aliphatic rings. The van der Waals surface area contributed by atoms with Gasteiger partial charge >= 0.3 is 0 Å². The molecule has 0 radical (unpaired) electrons. The van der Waals surface area contributed by atoms with Gasteiger partial charge in [0.2, 0.25) is 0 Å². The summed E-state index contributed by atoms with van der Waals surface area (Å²) in [4.78, 5) is 27.6. The maximum atomic E-state index is 12.9. The van der Waals surface area contributed by atoms with Gasteiger partial charge < -0.3 is 14.8 Å². The van der Waals surface area contributed by atoms with Gasteiger partial charge in [-0.2, -0.15) is 0 Å². The second-order valence-corrected chi connectivity index (χ2v) is 7.54. The molecule has 4 aromatic rings. The molecule has 5 rings (SSSR count). The fraction of sp³-hybridized carbons (Fsp3) is 0.120. The van der Waals surface area contributed by atoms with Gasteiger partial charge in [0.15, 0.2) is 0 Å². The molecule has 1 N–H and O–H groups in total. The molecule has 0 aliphatic carbocycles. The first kappa shape index (κ1) is 18.2. The summed E-state index contributed by atoms with van der Waals surface area (Å²) in [5, 5.41) is 3.85. The average Bonchev–Trinajstić information content (AvgIpc) is 3.36. The monoisotopic (exact) mass is 395 g/mol.